The first-order valence-electron chi connectivity index (χ1n) is 3.71. The van der Waals surface area contributed by atoms with E-state index in [2.05, 4.69) is 16.4 Å². The molecule has 0 saturated heterocycles. The number of rotatable bonds is 1. The van der Waals surface area contributed by atoms with Crippen LogP contribution in [-0.4, -0.2) is 4.98 Å². The molecule has 0 aliphatic rings. The number of hydrogen-bond acceptors (Lipinski definition) is 2. The first kappa shape index (κ1) is 10.6. The first-order valence-corrected chi connectivity index (χ1v) is 4.59. The van der Waals surface area contributed by atoms with Crippen LogP contribution >= 0.6 is 11.3 Å². The number of aryl methyl sites for hydroxylation is 1. The van der Waals surface area contributed by atoms with Crippen LogP contribution in [0.2, 0.25) is 0 Å². The van der Waals surface area contributed by atoms with E-state index in [4.69, 9.17) is 0 Å². The van der Waals surface area contributed by atoms with E-state index in [9.17, 15) is 0 Å². The van der Waals surface area contributed by atoms with E-state index in [0.717, 1.165) is 5.69 Å². The molecule has 0 atom stereocenters. The summed E-state index contributed by atoms with van der Waals surface area (Å²) in [7, 11) is 1.96. The summed E-state index contributed by atoms with van der Waals surface area (Å²) in [4.78, 5) is 5.51. The van der Waals surface area contributed by atoms with Crippen LogP contribution in [-0.2, 0) is 7.05 Å². The van der Waals surface area contributed by atoms with Crippen molar-refractivity contribution in [3.05, 3.63) is 36.1 Å². The molecule has 0 aliphatic carbocycles. The van der Waals surface area contributed by atoms with Gasteiger partial charge in [0, 0.05) is 6.07 Å². The number of hydrogen-bond donors (Lipinski definition) is 0. The van der Waals surface area contributed by atoms with Crippen molar-refractivity contribution in [1.29, 1.82) is 0 Å². The predicted molar refractivity (Wildman–Crippen MR) is 48.7 cm³/mol. The second-order valence-electron chi connectivity index (χ2n) is 2.59. The lowest BCUT2D eigenvalue weighted by molar-refractivity contribution is -0.674. The Kier molecular flexibility index (Phi) is 3.80. The number of thiophene rings is 1. The zero-order valence-corrected chi connectivity index (χ0v) is 10.1. The number of halogens is 1. The fourth-order valence-corrected chi connectivity index (χ4v) is 1.70. The molecule has 13 heavy (non-hydrogen) atoms. The predicted octanol–water partition coefficient (Wildman–Crippen LogP) is -1.36. The number of nitrogens with zero attached hydrogens (tertiary/aromatic N) is 2. The Labute approximate surface area is 98.3 Å². The van der Waals surface area contributed by atoms with Gasteiger partial charge in [0.15, 0.2) is 5.69 Å². The molecule has 0 radical (unpaired) electrons. The summed E-state index contributed by atoms with van der Waals surface area (Å²) < 4.78 is 1.93. The minimum absolute atomic E-state index is 0. The molecule has 4 heteroatoms. The van der Waals surface area contributed by atoms with Gasteiger partial charge < -0.3 is 24.0 Å². The minimum atomic E-state index is 0. The monoisotopic (exact) mass is 304 g/mol. The Morgan fingerprint density at radius 3 is 2.77 bits per heavy atom. The lowest BCUT2D eigenvalue weighted by Gasteiger charge is -1.88. The van der Waals surface area contributed by atoms with Crippen molar-refractivity contribution in [3.63, 3.8) is 0 Å². The molecule has 2 heterocycles. The van der Waals surface area contributed by atoms with Crippen LogP contribution < -0.4 is 28.5 Å². The SMILES string of the molecule is C[n+]1ccc(-c2cccs2)nc1.[I-]. The molecule has 0 amide bonds. The molecule has 2 rings (SSSR count). The molecule has 2 aromatic heterocycles. The first-order chi connectivity index (χ1) is 5.86. The molecule has 2 aromatic rings. The van der Waals surface area contributed by atoms with E-state index in [-0.39, 0.29) is 24.0 Å². The van der Waals surface area contributed by atoms with Gasteiger partial charge in [-0.2, -0.15) is 0 Å². The highest BCUT2D eigenvalue weighted by molar-refractivity contribution is 7.13. The van der Waals surface area contributed by atoms with Gasteiger partial charge in [-0.05, 0) is 16.4 Å². The van der Waals surface area contributed by atoms with Crippen LogP contribution in [0.3, 0.4) is 0 Å². The Morgan fingerprint density at radius 2 is 2.23 bits per heavy atom. The molecule has 0 aromatic carbocycles. The van der Waals surface area contributed by atoms with E-state index in [1.165, 1.54) is 4.88 Å². The molecule has 0 bridgehead atoms. The maximum atomic E-state index is 4.29. The topological polar surface area (TPSA) is 16.8 Å². The smallest absolute Gasteiger partial charge is 0.286 e. The van der Waals surface area contributed by atoms with Crippen molar-refractivity contribution in [2.75, 3.05) is 0 Å². The summed E-state index contributed by atoms with van der Waals surface area (Å²) in [6.07, 6.45) is 3.82. The molecular weight excluding hydrogens is 295 g/mol. The lowest BCUT2D eigenvalue weighted by atomic mass is 10.3. The third kappa shape index (κ3) is 2.47. The largest absolute Gasteiger partial charge is 1.00 e. The summed E-state index contributed by atoms with van der Waals surface area (Å²) in [5, 5.41) is 2.06. The van der Waals surface area contributed by atoms with E-state index in [1.807, 2.05) is 36.3 Å². The maximum Gasteiger partial charge on any atom is 0.286 e. The fourth-order valence-electron chi connectivity index (χ4n) is 0.993. The highest BCUT2D eigenvalue weighted by atomic mass is 127. The minimum Gasteiger partial charge on any atom is -1.00 e. The third-order valence-electron chi connectivity index (χ3n) is 1.62. The van der Waals surface area contributed by atoms with E-state index < -0.39 is 0 Å². The lowest BCUT2D eigenvalue weighted by Crippen LogP contribution is -3.00. The molecule has 2 nitrogen and oxygen atoms in total. The van der Waals surface area contributed by atoms with Crippen molar-refractivity contribution in [2.45, 2.75) is 0 Å². The van der Waals surface area contributed by atoms with Gasteiger partial charge >= 0.3 is 0 Å². The summed E-state index contributed by atoms with van der Waals surface area (Å²) in [5.41, 5.74) is 1.04. The van der Waals surface area contributed by atoms with Crippen LogP contribution in [0, 0.1) is 0 Å². The Bertz CT molecular complexity index is 356. The van der Waals surface area contributed by atoms with Gasteiger partial charge in [-0.3, -0.25) is 0 Å². The van der Waals surface area contributed by atoms with Gasteiger partial charge in [-0.15, -0.1) is 11.3 Å². The standard InChI is InChI=1S/C9H9N2S.HI/c1-11-5-4-8(10-7-11)9-3-2-6-12-9;/h2-7H,1H3;1H/q+1;/p-1. The molecule has 0 spiro atoms. The summed E-state index contributed by atoms with van der Waals surface area (Å²) in [5.74, 6) is 0. The molecule has 0 fully saturated rings. The summed E-state index contributed by atoms with van der Waals surface area (Å²) in [6, 6.07) is 6.13. The van der Waals surface area contributed by atoms with Crippen LogP contribution in [0.25, 0.3) is 10.6 Å². The van der Waals surface area contributed by atoms with Crippen LogP contribution in [0.1, 0.15) is 0 Å². The molecule has 68 valence electrons. The Hall–Kier alpha value is -0.490. The van der Waals surface area contributed by atoms with Crippen LogP contribution in [0.5, 0.6) is 0 Å². The average Bonchev–Trinajstić information content (AvgIpc) is 2.58. The van der Waals surface area contributed by atoms with Gasteiger partial charge in [0.25, 0.3) is 6.33 Å². The van der Waals surface area contributed by atoms with Crippen molar-refractivity contribution in [1.82, 2.24) is 4.98 Å². The number of aromatic nitrogens is 2. The van der Waals surface area contributed by atoms with E-state index in [0.29, 0.717) is 0 Å². The van der Waals surface area contributed by atoms with Gasteiger partial charge in [0.2, 0.25) is 0 Å². The zero-order valence-electron chi connectivity index (χ0n) is 7.14. The quantitative estimate of drug-likeness (QED) is 0.470. The highest BCUT2D eigenvalue weighted by Crippen LogP contribution is 2.20. The Morgan fingerprint density at radius 1 is 1.38 bits per heavy atom. The zero-order chi connectivity index (χ0) is 8.39. The molecule has 0 aliphatic heterocycles. The molecule has 0 N–H and O–H groups in total. The molecule has 0 unspecified atom stereocenters. The van der Waals surface area contributed by atoms with Crippen LogP contribution in [0.4, 0.5) is 0 Å². The average molecular weight is 304 g/mol. The normalized spacial score (nSPS) is 9.31. The van der Waals surface area contributed by atoms with Gasteiger partial charge in [0.05, 0.1) is 18.1 Å². The van der Waals surface area contributed by atoms with Crippen molar-refractivity contribution in [3.8, 4) is 10.6 Å². The summed E-state index contributed by atoms with van der Waals surface area (Å²) >= 11 is 1.71. The highest BCUT2D eigenvalue weighted by Gasteiger charge is 2.04. The second-order valence-corrected chi connectivity index (χ2v) is 3.54. The summed E-state index contributed by atoms with van der Waals surface area (Å²) in [6.45, 7) is 0. The van der Waals surface area contributed by atoms with Gasteiger partial charge in [0.1, 0.15) is 0 Å². The van der Waals surface area contributed by atoms with E-state index >= 15 is 0 Å². The van der Waals surface area contributed by atoms with Crippen molar-refractivity contribution < 1.29 is 28.5 Å². The second kappa shape index (κ2) is 4.66. The third-order valence-corrected chi connectivity index (χ3v) is 2.51. The molecular formula is C9H9IN2S. The van der Waals surface area contributed by atoms with E-state index in [1.54, 1.807) is 11.3 Å². The van der Waals surface area contributed by atoms with Gasteiger partial charge in [-0.1, -0.05) is 6.07 Å². The molecule has 0 saturated carbocycles. The maximum absolute atomic E-state index is 4.29. The van der Waals surface area contributed by atoms with Crippen molar-refractivity contribution >= 4 is 11.3 Å². The van der Waals surface area contributed by atoms with Crippen molar-refractivity contribution in [2.24, 2.45) is 7.05 Å². The van der Waals surface area contributed by atoms with Gasteiger partial charge in [-0.25, -0.2) is 4.57 Å². The Balaban J connectivity index is 0.000000845. The van der Waals surface area contributed by atoms with Crippen LogP contribution in [0.15, 0.2) is 36.1 Å². The fraction of sp³-hybridized carbons (Fsp3) is 0.111.